The molecule has 0 N–H and O–H groups in total. The number of pyridine rings is 1. The Morgan fingerprint density at radius 2 is 1.79 bits per heavy atom. The van der Waals surface area contributed by atoms with Gasteiger partial charge in [-0.2, -0.15) is 0 Å². The topological polar surface area (TPSA) is 97.1 Å². The van der Waals surface area contributed by atoms with E-state index in [0.717, 1.165) is 22.2 Å². The number of hydrogen-bond acceptors (Lipinski definition) is 6. The first-order valence-corrected chi connectivity index (χ1v) is 9.17. The predicted octanol–water partition coefficient (Wildman–Crippen LogP) is 0.823. The fourth-order valence-corrected chi connectivity index (χ4v) is 3.41. The summed E-state index contributed by atoms with van der Waals surface area (Å²) in [7, 11) is 0. The molecule has 2 amide bonds. The third kappa shape index (κ3) is 3.55. The van der Waals surface area contributed by atoms with Gasteiger partial charge in [0.15, 0.2) is 0 Å². The number of aryl methyl sites for hydroxylation is 2. The van der Waals surface area contributed by atoms with Crippen LogP contribution >= 0.6 is 0 Å². The van der Waals surface area contributed by atoms with Gasteiger partial charge in [0.25, 0.3) is 5.91 Å². The number of tetrazole rings is 1. The summed E-state index contributed by atoms with van der Waals surface area (Å²) in [4.78, 5) is 33.5. The minimum Gasteiger partial charge on any atom is -0.338 e. The van der Waals surface area contributed by atoms with Crippen LogP contribution in [0.25, 0.3) is 10.9 Å². The Hall–Kier alpha value is -3.36. The van der Waals surface area contributed by atoms with Crippen molar-refractivity contribution in [1.82, 2.24) is 35.0 Å². The number of carbonyl (C=O) groups excluding carboxylic acids is 2. The second kappa shape index (κ2) is 7.34. The molecule has 0 bridgehead atoms. The standard InChI is InChI=1S/C19H21N7O2/c1-13-3-4-15-10-16(14(2)21-17(15)9-13)19(28)25-7-5-24(6-8-25)18(27)11-26-12-20-22-23-26/h3-4,9-10,12H,5-8,11H2,1-2H3. The molecule has 0 saturated carbocycles. The molecule has 1 aliphatic heterocycles. The third-order valence-corrected chi connectivity index (χ3v) is 5.00. The largest absolute Gasteiger partial charge is 0.338 e. The van der Waals surface area contributed by atoms with Crippen molar-refractivity contribution in [2.45, 2.75) is 20.4 Å². The summed E-state index contributed by atoms with van der Waals surface area (Å²) in [6, 6.07) is 7.94. The zero-order valence-electron chi connectivity index (χ0n) is 15.9. The Balaban J connectivity index is 1.44. The molecule has 0 aliphatic carbocycles. The Bertz CT molecular complexity index is 1020. The van der Waals surface area contributed by atoms with Crippen molar-refractivity contribution >= 4 is 22.7 Å². The van der Waals surface area contributed by atoms with Crippen LogP contribution in [0, 0.1) is 13.8 Å². The van der Waals surface area contributed by atoms with Crippen molar-refractivity contribution in [2.75, 3.05) is 26.2 Å². The van der Waals surface area contributed by atoms with Crippen molar-refractivity contribution in [3.63, 3.8) is 0 Å². The Morgan fingerprint density at radius 3 is 2.50 bits per heavy atom. The second-order valence-electron chi connectivity index (χ2n) is 7.00. The molecule has 2 aromatic heterocycles. The van der Waals surface area contributed by atoms with E-state index < -0.39 is 0 Å². The molecule has 0 spiro atoms. The Labute approximate surface area is 161 Å². The monoisotopic (exact) mass is 379 g/mol. The normalized spacial score (nSPS) is 14.5. The molecule has 9 nitrogen and oxygen atoms in total. The van der Waals surface area contributed by atoms with Gasteiger partial charge in [0.2, 0.25) is 5.91 Å². The van der Waals surface area contributed by atoms with E-state index in [4.69, 9.17) is 0 Å². The highest BCUT2D eigenvalue weighted by molar-refractivity contribution is 5.98. The van der Waals surface area contributed by atoms with Crippen LogP contribution in [0.5, 0.6) is 0 Å². The van der Waals surface area contributed by atoms with Crippen LogP contribution in [-0.4, -0.2) is 73.0 Å². The minimum atomic E-state index is -0.0571. The molecule has 1 aromatic carbocycles. The summed E-state index contributed by atoms with van der Waals surface area (Å²) in [5.74, 6) is -0.0987. The lowest BCUT2D eigenvalue weighted by atomic mass is 10.1. The summed E-state index contributed by atoms with van der Waals surface area (Å²) in [6.45, 7) is 5.96. The zero-order valence-corrected chi connectivity index (χ0v) is 15.9. The SMILES string of the molecule is Cc1ccc2cc(C(=O)N3CCN(C(=O)Cn4cnnn4)CC3)c(C)nc2c1. The molecule has 28 heavy (non-hydrogen) atoms. The van der Waals surface area contributed by atoms with Crippen LogP contribution in [0.4, 0.5) is 0 Å². The second-order valence-corrected chi connectivity index (χ2v) is 7.00. The summed E-state index contributed by atoms with van der Waals surface area (Å²) in [6.07, 6.45) is 1.41. The lowest BCUT2D eigenvalue weighted by Crippen LogP contribution is -2.51. The number of fused-ring (bicyclic) bond motifs is 1. The molecule has 3 aromatic rings. The summed E-state index contributed by atoms with van der Waals surface area (Å²) >= 11 is 0. The maximum absolute atomic E-state index is 13.0. The number of aromatic nitrogens is 5. The van der Waals surface area contributed by atoms with E-state index in [2.05, 4.69) is 20.5 Å². The average molecular weight is 379 g/mol. The molecule has 1 fully saturated rings. The molecule has 0 radical (unpaired) electrons. The lowest BCUT2D eigenvalue weighted by Gasteiger charge is -2.35. The van der Waals surface area contributed by atoms with Crippen LogP contribution in [0.3, 0.4) is 0 Å². The summed E-state index contributed by atoms with van der Waals surface area (Å²) in [5, 5.41) is 11.7. The highest BCUT2D eigenvalue weighted by atomic mass is 16.2. The quantitative estimate of drug-likeness (QED) is 0.668. The first kappa shape index (κ1) is 18.0. The van der Waals surface area contributed by atoms with Crippen molar-refractivity contribution in [3.8, 4) is 0 Å². The minimum absolute atomic E-state index is 0.0416. The van der Waals surface area contributed by atoms with Gasteiger partial charge >= 0.3 is 0 Å². The number of piperazine rings is 1. The predicted molar refractivity (Wildman–Crippen MR) is 102 cm³/mol. The number of carbonyl (C=O) groups is 2. The van der Waals surface area contributed by atoms with Crippen LogP contribution in [0.2, 0.25) is 0 Å². The molecule has 9 heteroatoms. The lowest BCUT2D eigenvalue weighted by molar-refractivity contribution is -0.133. The highest BCUT2D eigenvalue weighted by Crippen LogP contribution is 2.20. The molecule has 1 aliphatic rings. The number of nitrogens with zero attached hydrogens (tertiary/aromatic N) is 7. The molecule has 4 rings (SSSR count). The molecule has 0 unspecified atom stereocenters. The van der Waals surface area contributed by atoms with Crippen LogP contribution in [0.1, 0.15) is 21.6 Å². The number of rotatable bonds is 3. The van der Waals surface area contributed by atoms with Gasteiger partial charge in [-0.15, -0.1) is 5.10 Å². The first-order chi connectivity index (χ1) is 13.5. The molecule has 144 valence electrons. The van der Waals surface area contributed by atoms with E-state index in [9.17, 15) is 9.59 Å². The van der Waals surface area contributed by atoms with Crippen molar-refractivity contribution in [2.24, 2.45) is 0 Å². The van der Waals surface area contributed by atoms with E-state index in [1.165, 1.54) is 11.0 Å². The average Bonchev–Trinajstić information content (AvgIpc) is 3.20. The smallest absolute Gasteiger partial charge is 0.255 e. The van der Waals surface area contributed by atoms with Gasteiger partial charge in [-0.05, 0) is 42.0 Å². The van der Waals surface area contributed by atoms with E-state index >= 15 is 0 Å². The van der Waals surface area contributed by atoms with Crippen LogP contribution in [0.15, 0.2) is 30.6 Å². The number of hydrogen-bond donors (Lipinski definition) is 0. The fraction of sp³-hybridized carbons (Fsp3) is 0.368. The van der Waals surface area contributed by atoms with Gasteiger partial charge in [0.05, 0.1) is 16.8 Å². The molecule has 1 saturated heterocycles. The molecule has 3 heterocycles. The van der Waals surface area contributed by atoms with Crippen molar-refractivity contribution in [1.29, 1.82) is 0 Å². The van der Waals surface area contributed by atoms with Gasteiger partial charge in [-0.25, -0.2) is 4.68 Å². The highest BCUT2D eigenvalue weighted by Gasteiger charge is 2.26. The first-order valence-electron chi connectivity index (χ1n) is 9.17. The third-order valence-electron chi connectivity index (χ3n) is 5.00. The summed E-state index contributed by atoms with van der Waals surface area (Å²) in [5.41, 5.74) is 3.37. The van der Waals surface area contributed by atoms with Crippen LogP contribution in [-0.2, 0) is 11.3 Å². The van der Waals surface area contributed by atoms with Gasteiger partial charge in [-0.1, -0.05) is 12.1 Å². The number of benzene rings is 1. The van der Waals surface area contributed by atoms with Gasteiger partial charge in [0, 0.05) is 31.6 Å². The van der Waals surface area contributed by atoms with Gasteiger partial charge in [0.1, 0.15) is 12.9 Å². The molecular formula is C19H21N7O2. The maximum atomic E-state index is 13.0. The van der Waals surface area contributed by atoms with Crippen molar-refractivity contribution < 1.29 is 9.59 Å². The van der Waals surface area contributed by atoms with E-state index in [1.54, 1.807) is 9.80 Å². The fourth-order valence-electron chi connectivity index (χ4n) is 3.41. The van der Waals surface area contributed by atoms with Crippen molar-refractivity contribution in [3.05, 3.63) is 47.4 Å². The number of amides is 2. The van der Waals surface area contributed by atoms with E-state index in [-0.39, 0.29) is 18.4 Å². The molecule has 0 atom stereocenters. The Kier molecular flexibility index (Phi) is 4.72. The van der Waals surface area contributed by atoms with Gasteiger partial charge < -0.3 is 9.80 Å². The summed E-state index contributed by atoms with van der Waals surface area (Å²) < 4.78 is 1.39. The van der Waals surface area contributed by atoms with Crippen LogP contribution < -0.4 is 0 Å². The van der Waals surface area contributed by atoms with Gasteiger partial charge in [-0.3, -0.25) is 14.6 Å². The zero-order chi connectivity index (χ0) is 19.7. The Morgan fingerprint density at radius 1 is 1.04 bits per heavy atom. The molecular weight excluding hydrogens is 358 g/mol. The van der Waals surface area contributed by atoms with E-state index in [1.807, 2.05) is 38.1 Å². The van der Waals surface area contributed by atoms with E-state index in [0.29, 0.717) is 31.7 Å². The maximum Gasteiger partial charge on any atom is 0.255 e.